The van der Waals surface area contributed by atoms with Crippen molar-refractivity contribution in [1.29, 1.82) is 0 Å². The molecule has 0 aliphatic rings. The molecule has 0 aliphatic carbocycles. The Kier molecular flexibility index (Phi) is 4.51. The van der Waals surface area contributed by atoms with Crippen LogP contribution in [0.1, 0.15) is 22.4 Å². The fraction of sp³-hybridized carbons (Fsp3) is 0.556. The van der Waals surface area contributed by atoms with Crippen LogP contribution in [0.2, 0.25) is 0 Å². The largest absolute Gasteiger partial charge is 0.381 e. The highest BCUT2D eigenvalue weighted by Crippen LogP contribution is 2.13. The highest BCUT2D eigenvalue weighted by Gasteiger charge is 2.11. The molecule has 0 aliphatic heterocycles. The van der Waals surface area contributed by atoms with Crippen LogP contribution in [0.3, 0.4) is 0 Å². The lowest BCUT2D eigenvalue weighted by atomic mass is 10.3. The standard InChI is InChI=1S/C9H12ClNO2S/c1-6(13-2)3-9-11-7(5-14-9)8(12)4-10/h5-6H,3-4H2,1-2H3. The zero-order valence-electron chi connectivity index (χ0n) is 8.12. The summed E-state index contributed by atoms with van der Waals surface area (Å²) in [6.07, 6.45) is 0.858. The van der Waals surface area contributed by atoms with Crippen molar-refractivity contribution < 1.29 is 9.53 Å². The molecule has 0 saturated carbocycles. The molecule has 0 radical (unpaired) electrons. The van der Waals surface area contributed by atoms with Crippen LogP contribution in [-0.2, 0) is 11.2 Å². The average Bonchev–Trinajstić information content (AvgIpc) is 2.65. The molecule has 0 amide bonds. The Hall–Kier alpha value is -0.450. The van der Waals surface area contributed by atoms with E-state index in [9.17, 15) is 4.79 Å². The lowest BCUT2D eigenvalue weighted by Gasteiger charge is -2.05. The molecule has 1 aromatic heterocycles. The summed E-state index contributed by atoms with van der Waals surface area (Å²) in [5.74, 6) is -0.137. The molecule has 1 rings (SSSR count). The second-order valence-corrected chi connectivity index (χ2v) is 4.14. The minimum Gasteiger partial charge on any atom is -0.381 e. The van der Waals surface area contributed by atoms with E-state index in [1.54, 1.807) is 12.5 Å². The van der Waals surface area contributed by atoms with Gasteiger partial charge in [-0.05, 0) is 6.92 Å². The van der Waals surface area contributed by atoms with E-state index in [0.717, 1.165) is 11.4 Å². The topological polar surface area (TPSA) is 39.2 Å². The van der Waals surface area contributed by atoms with Crippen molar-refractivity contribution in [3.05, 3.63) is 16.1 Å². The predicted molar refractivity (Wildman–Crippen MR) is 57.3 cm³/mol. The summed E-state index contributed by atoms with van der Waals surface area (Å²) in [5, 5.41) is 2.65. The summed E-state index contributed by atoms with van der Waals surface area (Å²) in [7, 11) is 1.66. The highest BCUT2D eigenvalue weighted by atomic mass is 35.5. The number of ketones is 1. The van der Waals surface area contributed by atoms with Gasteiger partial charge in [-0.15, -0.1) is 22.9 Å². The van der Waals surface area contributed by atoms with Gasteiger partial charge in [0, 0.05) is 18.9 Å². The Morgan fingerprint density at radius 1 is 1.79 bits per heavy atom. The number of halogens is 1. The van der Waals surface area contributed by atoms with Gasteiger partial charge in [-0.2, -0.15) is 0 Å². The first-order valence-electron chi connectivity index (χ1n) is 4.23. The molecule has 0 spiro atoms. The first-order chi connectivity index (χ1) is 6.67. The number of rotatable bonds is 5. The van der Waals surface area contributed by atoms with E-state index in [1.165, 1.54) is 11.3 Å². The maximum atomic E-state index is 11.2. The van der Waals surface area contributed by atoms with Gasteiger partial charge >= 0.3 is 0 Å². The van der Waals surface area contributed by atoms with Crippen LogP contribution in [0.4, 0.5) is 0 Å². The van der Waals surface area contributed by atoms with E-state index in [0.29, 0.717) is 5.69 Å². The van der Waals surface area contributed by atoms with Crippen LogP contribution in [-0.4, -0.2) is 29.9 Å². The van der Waals surface area contributed by atoms with Gasteiger partial charge in [0.2, 0.25) is 0 Å². The lowest BCUT2D eigenvalue weighted by molar-refractivity contribution is 0.101. The number of thiazole rings is 1. The van der Waals surface area contributed by atoms with Crippen molar-refractivity contribution in [3.8, 4) is 0 Å². The Balaban J connectivity index is 2.63. The van der Waals surface area contributed by atoms with Crippen LogP contribution in [0.15, 0.2) is 5.38 Å². The molecule has 0 saturated heterocycles. The van der Waals surface area contributed by atoms with E-state index >= 15 is 0 Å². The minimum atomic E-state index is -0.126. The molecule has 0 fully saturated rings. The van der Waals surface area contributed by atoms with E-state index in [-0.39, 0.29) is 17.8 Å². The van der Waals surface area contributed by atoms with E-state index in [1.807, 2.05) is 6.92 Å². The normalized spacial score (nSPS) is 12.8. The number of Topliss-reactive ketones (excluding diaryl/α,β-unsaturated/α-hetero) is 1. The summed E-state index contributed by atoms with van der Waals surface area (Å²) >= 11 is 6.89. The van der Waals surface area contributed by atoms with Gasteiger partial charge in [0.15, 0.2) is 5.78 Å². The molecular weight excluding hydrogens is 222 g/mol. The third kappa shape index (κ3) is 3.04. The maximum absolute atomic E-state index is 11.2. The smallest absolute Gasteiger partial charge is 0.196 e. The van der Waals surface area contributed by atoms with Crippen molar-refractivity contribution in [3.63, 3.8) is 0 Å². The Labute approximate surface area is 92.1 Å². The maximum Gasteiger partial charge on any atom is 0.196 e. The molecule has 1 unspecified atom stereocenters. The second kappa shape index (κ2) is 5.44. The van der Waals surface area contributed by atoms with Crippen LogP contribution in [0.25, 0.3) is 0 Å². The Morgan fingerprint density at radius 3 is 3.07 bits per heavy atom. The summed E-state index contributed by atoms with van der Waals surface area (Å²) in [5.41, 5.74) is 0.461. The molecule has 78 valence electrons. The van der Waals surface area contributed by atoms with Crippen molar-refractivity contribution in [2.45, 2.75) is 19.4 Å². The third-order valence-corrected chi connectivity index (χ3v) is 2.94. The number of aromatic nitrogens is 1. The predicted octanol–water partition coefficient (Wildman–Crippen LogP) is 2.14. The molecule has 0 N–H and O–H groups in total. The van der Waals surface area contributed by atoms with Crippen LogP contribution in [0, 0.1) is 0 Å². The Morgan fingerprint density at radius 2 is 2.50 bits per heavy atom. The van der Waals surface area contributed by atoms with Crippen molar-refractivity contribution in [2.75, 3.05) is 13.0 Å². The molecule has 1 atom stereocenters. The summed E-state index contributed by atoms with van der Waals surface area (Å²) < 4.78 is 5.11. The fourth-order valence-electron chi connectivity index (χ4n) is 0.930. The van der Waals surface area contributed by atoms with E-state index < -0.39 is 0 Å². The van der Waals surface area contributed by atoms with Gasteiger partial charge < -0.3 is 4.74 Å². The van der Waals surface area contributed by atoms with Gasteiger partial charge in [-0.3, -0.25) is 4.79 Å². The van der Waals surface area contributed by atoms with Gasteiger partial charge in [-0.25, -0.2) is 4.98 Å². The van der Waals surface area contributed by atoms with Crippen LogP contribution < -0.4 is 0 Å². The first kappa shape index (κ1) is 11.6. The lowest BCUT2D eigenvalue weighted by Crippen LogP contribution is -2.09. The van der Waals surface area contributed by atoms with Gasteiger partial charge in [0.05, 0.1) is 17.0 Å². The number of ether oxygens (including phenoxy) is 1. The molecule has 5 heteroatoms. The summed E-state index contributed by atoms with van der Waals surface area (Å²) in [6, 6.07) is 0. The van der Waals surface area contributed by atoms with E-state index in [2.05, 4.69) is 4.98 Å². The number of hydrogen-bond acceptors (Lipinski definition) is 4. The molecule has 3 nitrogen and oxygen atoms in total. The number of carbonyl (C=O) groups is 1. The number of nitrogens with zero attached hydrogens (tertiary/aromatic N) is 1. The van der Waals surface area contributed by atoms with Gasteiger partial charge in [0.25, 0.3) is 0 Å². The van der Waals surface area contributed by atoms with Crippen molar-refractivity contribution in [2.24, 2.45) is 0 Å². The Bertz CT molecular complexity index is 314. The SMILES string of the molecule is COC(C)Cc1nc(C(=O)CCl)cs1. The third-order valence-electron chi connectivity index (χ3n) is 1.82. The summed E-state index contributed by atoms with van der Waals surface area (Å²) in [4.78, 5) is 15.3. The van der Waals surface area contributed by atoms with E-state index in [4.69, 9.17) is 16.3 Å². The first-order valence-corrected chi connectivity index (χ1v) is 5.65. The zero-order chi connectivity index (χ0) is 10.6. The van der Waals surface area contributed by atoms with Gasteiger partial charge in [0.1, 0.15) is 5.69 Å². The highest BCUT2D eigenvalue weighted by molar-refractivity contribution is 7.09. The molecular formula is C9H12ClNO2S. The molecule has 14 heavy (non-hydrogen) atoms. The molecule has 0 bridgehead atoms. The summed E-state index contributed by atoms with van der Waals surface area (Å²) in [6.45, 7) is 1.96. The second-order valence-electron chi connectivity index (χ2n) is 2.93. The van der Waals surface area contributed by atoms with Crippen LogP contribution >= 0.6 is 22.9 Å². The van der Waals surface area contributed by atoms with Gasteiger partial charge in [-0.1, -0.05) is 0 Å². The zero-order valence-corrected chi connectivity index (χ0v) is 9.69. The molecule has 0 aromatic carbocycles. The van der Waals surface area contributed by atoms with Crippen LogP contribution in [0.5, 0.6) is 0 Å². The fourth-order valence-corrected chi connectivity index (χ4v) is 1.98. The molecule has 1 aromatic rings. The van der Waals surface area contributed by atoms with Crippen molar-refractivity contribution >= 4 is 28.7 Å². The minimum absolute atomic E-state index is 0.0109. The number of alkyl halides is 1. The molecule has 1 heterocycles. The van der Waals surface area contributed by atoms with Crippen molar-refractivity contribution in [1.82, 2.24) is 4.98 Å². The number of carbonyl (C=O) groups excluding carboxylic acids is 1. The average molecular weight is 234 g/mol. The monoisotopic (exact) mass is 233 g/mol. The number of hydrogen-bond donors (Lipinski definition) is 0. The quantitative estimate of drug-likeness (QED) is 0.578. The number of methoxy groups -OCH3 is 1.